The Hall–Kier alpha value is -3.14. The summed E-state index contributed by atoms with van der Waals surface area (Å²) in [7, 11) is 0. The molecule has 2 aromatic heterocycles. The molecule has 2 aromatic carbocycles. The van der Waals surface area contributed by atoms with Crippen molar-refractivity contribution in [1.29, 1.82) is 0 Å². The van der Waals surface area contributed by atoms with Crippen LogP contribution >= 0.6 is 0 Å². The van der Waals surface area contributed by atoms with Crippen molar-refractivity contribution in [3.8, 4) is 0 Å². The number of nitrogens with zero attached hydrogens (tertiary/aromatic N) is 1. The number of halogens is 1. The Labute approximate surface area is 145 Å². The quantitative estimate of drug-likeness (QED) is 0.539. The molecule has 1 atom stereocenters. The van der Waals surface area contributed by atoms with Gasteiger partial charge in [0.05, 0.1) is 6.04 Å². The van der Waals surface area contributed by atoms with Crippen molar-refractivity contribution in [1.82, 2.24) is 9.97 Å². The average molecular weight is 331 g/mol. The van der Waals surface area contributed by atoms with E-state index in [1.807, 2.05) is 24.4 Å². The Kier molecular flexibility index (Phi) is 3.94. The number of pyridine rings is 1. The van der Waals surface area contributed by atoms with Gasteiger partial charge >= 0.3 is 0 Å². The third-order valence-electron chi connectivity index (χ3n) is 4.41. The van der Waals surface area contributed by atoms with E-state index in [0.29, 0.717) is 0 Å². The normalized spacial score (nSPS) is 12.2. The lowest BCUT2D eigenvalue weighted by Gasteiger charge is -2.21. The van der Waals surface area contributed by atoms with E-state index in [9.17, 15) is 4.39 Å². The number of hydrogen-bond acceptors (Lipinski definition) is 2. The third kappa shape index (κ3) is 2.98. The van der Waals surface area contributed by atoms with E-state index in [-0.39, 0.29) is 11.9 Å². The molecule has 0 radical (unpaired) electrons. The second-order valence-corrected chi connectivity index (χ2v) is 6.08. The third-order valence-corrected chi connectivity index (χ3v) is 4.41. The van der Waals surface area contributed by atoms with Crippen LogP contribution in [0.4, 0.5) is 10.1 Å². The Balaban J connectivity index is 1.85. The molecule has 4 heteroatoms. The molecule has 0 aliphatic rings. The summed E-state index contributed by atoms with van der Waals surface area (Å²) in [5.41, 5.74) is 5.29. The first-order valence-electron chi connectivity index (χ1n) is 8.21. The first-order chi connectivity index (χ1) is 12.2. The van der Waals surface area contributed by atoms with Gasteiger partial charge in [0.2, 0.25) is 0 Å². The van der Waals surface area contributed by atoms with Crippen molar-refractivity contribution in [2.45, 2.75) is 13.0 Å². The highest BCUT2D eigenvalue weighted by Gasteiger charge is 2.21. The number of benzene rings is 2. The smallest absolute Gasteiger partial charge is 0.123 e. The summed E-state index contributed by atoms with van der Waals surface area (Å²) in [4.78, 5) is 7.72. The van der Waals surface area contributed by atoms with E-state index in [2.05, 4.69) is 40.4 Å². The summed E-state index contributed by atoms with van der Waals surface area (Å²) in [6, 6.07) is 18.6. The summed E-state index contributed by atoms with van der Waals surface area (Å²) in [5, 5.41) is 4.70. The van der Waals surface area contributed by atoms with Gasteiger partial charge in [0.25, 0.3) is 0 Å². The number of hydrogen-bond donors (Lipinski definition) is 2. The summed E-state index contributed by atoms with van der Waals surface area (Å²) >= 11 is 0. The van der Waals surface area contributed by atoms with Crippen LogP contribution in [0.3, 0.4) is 0 Å². The molecule has 0 fully saturated rings. The van der Waals surface area contributed by atoms with Gasteiger partial charge in [-0.2, -0.15) is 0 Å². The molecular weight excluding hydrogens is 313 g/mol. The predicted octanol–water partition coefficient (Wildman–Crippen LogP) is 5.21. The molecule has 25 heavy (non-hydrogen) atoms. The maximum Gasteiger partial charge on any atom is 0.123 e. The fraction of sp³-hybridized carbons (Fsp3) is 0.0952. The topological polar surface area (TPSA) is 40.7 Å². The monoisotopic (exact) mass is 331 g/mol. The van der Waals surface area contributed by atoms with Crippen molar-refractivity contribution in [3.63, 3.8) is 0 Å². The van der Waals surface area contributed by atoms with Gasteiger partial charge in [-0.1, -0.05) is 24.3 Å². The molecule has 4 aromatic rings. The van der Waals surface area contributed by atoms with Crippen LogP contribution in [-0.2, 0) is 0 Å². The molecule has 0 amide bonds. The molecule has 0 bridgehead atoms. The van der Waals surface area contributed by atoms with E-state index < -0.39 is 0 Å². The lowest BCUT2D eigenvalue weighted by Crippen LogP contribution is -2.13. The minimum absolute atomic E-state index is 0.0877. The van der Waals surface area contributed by atoms with Crippen LogP contribution in [0.15, 0.2) is 73.1 Å². The molecule has 0 spiro atoms. The van der Waals surface area contributed by atoms with Crippen LogP contribution in [0.1, 0.15) is 22.9 Å². The van der Waals surface area contributed by atoms with Crippen molar-refractivity contribution < 1.29 is 4.39 Å². The zero-order valence-corrected chi connectivity index (χ0v) is 13.8. The van der Waals surface area contributed by atoms with Crippen molar-refractivity contribution in [2.24, 2.45) is 0 Å². The predicted molar refractivity (Wildman–Crippen MR) is 99.1 cm³/mol. The molecule has 2 heterocycles. The van der Waals surface area contributed by atoms with Gasteiger partial charge in [-0.15, -0.1) is 0 Å². The standard InChI is InChI=1S/C21H18FN3/c1-14-20(18-6-2-3-7-19(18)24-14)21(15-5-4-12-23-13-15)25-17-10-8-16(22)9-11-17/h2-13,21,24-25H,1H3. The second-order valence-electron chi connectivity index (χ2n) is 6.08. The molecule has 3 nitrogen and oxygen atoms in total. The van der Waals surface area contributed by atoms with Crippen LogP contribution in [-0.4, -0.2) is 9.97 Å². The Morgan fingerprint density at radius 2 is 1.80 bits per heavy atom. The van der Waals surface area contributed by atoms with Crippen LogP contribution in [0.5, 0.6) is 0 Å². The highest BCUT2D eigenvalue weighted by Crippen LogP contribution is 2.34. The maximum absolute atomic E-state index is 13.3. The summed E-state index contributed by atoms with van der Waals surface area (Å²) in [5.74, 6) is -0.244. The lowest BCUT2D eigenvalue weighted by atomic mass is 9.97. The number of anilines is 1. The highest BCUT2D eigenvalue weighted by molar-refractivity contribution is 5.86. The molecule has 4 rings (SSSR count). The highest BCUT2D eigenvalue weighted by atomic mass is 19.1. The van der Waals surface area contributed by atoms with E-state index >= 15 is 0 Å². The molecule has 1 unspecified atom stereocenters. The average Bonchev–Trinajstić information content (AvgIpc) is 2.98. The summed E-state index contributed by atoms with van der Waals surface area (Å²) in [6.07, 6.45) is 3.63. The van der Waals surface area contributed by atoms with Crippen molar-refractivity contribution >= 4 is 16.6 Å². The minimum Gasteiger partial charge on any atom is -0.374 e. The Morgan fingerprint density at radius 1 is 1.00 bits per heavy atom. The molecule has 0 saturated heterocycles. The number of nitrogens with one attached hydrogen (secondary N) is 2. The van der Waals surface area contributed by atoms with Crippen LogP contribution in [0, 0.1) is 12.7 Å². The maximum atomic E-state index is 13.3. The Morgan fingerprint density at radius 3 is 2.56 bits per heavy atom. The largest absolute Gasteiger partial charge is 0.374 e. The van der Waals surface area contributed by atoms with Gasteiger partial charge < -0.3 is 10.3 Å². The lowest BCUT2D eigenvalue weighted by molar-refractivity contribution is 0.628. The number of rotatable bonds is 4. The van der Waals surface area contributed by atoms with Crippen LogP contribution in [0.2, 0.25) is 0 Å². The molecule has 124 valence electrons. The van der Waals surface area contributed by atoms with E-state index in [0.717, 1.165) is 22.5 Å². The van der Waals surface area contributed by atoms with Crippen LogP contribution in [0.25, 0.3) is 10.9 Å². The molecule has 2 N–H and O–H groups in total. The number of aromatic nitrogens is 2. The van der Waals surface area contributed by atoms with Gasteiger partial charge in [-0.25, -0.2) is 4.39 Å². The molecule has 0 aliphatic heterocycles. The zero-order valence-electron chi connectivity index (χ0n) is 13.8. The van der Waals surface area contributed by atoms with Gasteiger partial charge in [0.1, 0.15) is 5.82 Å². The Bertz CT molecular complexity index is 991. The molecular formula is C21H18FN3. The summed E-state index contributed by atoms with van der Waals surface area (Å²) in [6.45, 7) is 2.07. The van der Waals surface area contributed by atoms with E-state index in [1.54, 1.807) is 18.3 Å². The van der Waals surface area contributed by atoms with Crippen molar-refractivity contribution in [2.75, 3.05) is 5.32 Å². The fourth-order valence-corrected chi connectivity index (χ4v) is 3.25. The van der Waals surface area contributed by atoms with Crippen LogP contribution < -0.4 is 5.32 Å². The number of aromatic amines is 1. The SMILES string of the molecule is Cc1[nH]c2ccccc2c1C(Nc1ccc(F)cc1)c1cccnc1. The van der Waals surface area contributed by atoms with Gasteiger partial charge in [-0.05, 0) is 48.9 Å². The first kappa shape index (κ1) is 15.4. The molecule has 0 saturated carbocycles. The number of aryl methyl sites for hydroxylation is 1. The van der Waals surface area contributed by atoms with Gasteiger partial charge in [0, 0.05) is 40.2 Å². The summed E-state index contributed by atoms with van der Waals surface area (Å²) < 4.78 is 13.3. The number of H-pyrrole nitrogens is 1. The van der Waals surface area contributed by atoms with Gasteiger partial charge in [0.15, 0.2) is 0 Å². The van der Waals surface area contributed by atoms with Gasteiger partial charge in [-0.3, -0.25) is 4.98 Å². The number of fused-ring (bicyclic) bond motifs is 1. The van der Waals surface area contributed by atoms with E-state index in [4.69, 9.17) is 0 Å². The van der Waals surface area contributed by atoms with Crippen molar-refractivity contribution in [3.05, 3.63) is 95.7 Å². The second kappa shape index (κ2) is 6.40. The zero-order chi connectivity index (χ0) is 17.2. The van der Waals surface area contributed by atoms with E-state index in [1.165, 1.54) is 23.1 Å². The fourth-order valence-electron chi connectivity index (χ4n) is 3.25. The first-order valence-corrected chi connectivity index (χ1v) is 8.21. The minimum atomic E-state index is -0.244. The number of para-hydroxylation sites is 1. The molecule has 0 aliphatic carbocycles.